The van der Waals surface area contributed by atoms with Crippen molar-refractivity contribution in [1.82, 2.24) is 10.2 Å². The van der Waals surface area contributed by atoms with E-state index in [1.165, 1.54) is 16.9 Å². The van der Waals surface area contributed by atoms with Gasteiger partial charge in [-0.25, -0.2) is 0 Å². The summed E-state index contributed by atoms with van der Waals surface area (Å²) in [4.78, 5) is 0. The number of aromatic nitrogens is 2. The molecule has 0 atom stereocenters. The smallest absolute Gasteiger partial charge is 0.205 e. The Bertz CT molecular complexity index is 358. The molecule has 0 bridgehead atoms. The summed E-state index contributed by atoms with van der Waals surface area (Å²) in [6.07, 6.45) is 1.01. The molecule has 0 amide bonds. The first-order chi connectivity index (χ1) is 6.95. The fourth-order valence-electron chi connectivity index (χ4n) is 1.21. The van der Waals surface area contributed by atoms with Crippen molar-refractivity contribution >= 4 is 16.5 Å². The zero-order valence-corrected chi connectivity index (χ0v) is 8.50. The Balaban J connectivity index is 1.79. The highest BCUT2D eigenvalue weighted by Gasteiger charge is 1.94. The predicted octanol–water partition coefficient (Wildman–Crippen LogP) is 2.19. The maximum Gasteiger partial charge on any atom is 0.205 e. The summed E-state index contributed by atoms with van der Waals surface area (Å²) in [5, 5.41) is 11.8. The fraction of sp³-hybridized carbons (Fsp3) is 0.200. The van der Waals surface area contributed by atoms with Crippen LogP contribution in [-0.4, -0.2) is 16.7 Å². The second-order valence-electron chi connectivity index (χ2n) is 2.91. The molecule has 1 aromatic heterocycles. The minimum absolute atomic E-state index is 0.890. The summed E-state index contributed by atoms with van der Waals surface area (Å²) in [6.45, 7) is 0.902. The third-order valence-electron chi connectivity index (χ3n) is 1.89. The van der Waals surface area contributed by atoms with Crippen molar-refractivity contribution in [2.24, 2.45) is 0 Å². The lowest BCUT2D eigenvalue weighted by molar-refractivity contribution is 0.994. The first kappa shape index (κ1) is 9.15. The van der Waals surface area contributed by atoms with Gasteiger partial charge in [-0.1, -0.05) is 41.7 Å². The van der Waals surface area contributed by atoms with E-state index in [1.54, 1.807) is 5.51 Å². The van der Waals surface area contributed by atoms with Crippen LogP contribution in [0.3, 0.4) is 0 Å². The maximum absolute atomic E-state index is 3.90. The molecule has 1 heterocycles. The van der Waals surface area contributed by atoms with E-state index in [0.29, 0.717) is 0 Å². The molecule has 72 valence electrons. The fourth-order valence-corrected chi connectivity index (χ4v) is 1.68. The van der Waals surface area contributed by atoms with E-state index in [-0.39, 0.29) is 0 Å². The highest BCUT2D eigenvalue weighted by Crippen LogP contribution is 2.08. The van der Waals surface area contributed by atoms with Crippen LogP contribution in [0.4, 0.5) is 5.13 Å². The molecule has 0 aliphatic heterocycles. The summed E-state index contributed by atoms with van der Waals surface area (Å²) in [5.41, 5.74) is 3.06. The average Bonchev–Trinajstić information content (AvgIpc) is 2.72. The predicted molar refractivity (Wildman–Crippen MR) is 58.5 cm³/mol. The van der Waals surface area contributed by atoms with Gasteiger partial charge in [0.2, 0.25) is 5.13 Å². The highest BCUT2D eigenvalue weighted by atomic mass is 32.1. The van der Waals surface area contributed by atoms with Crippen LogP contribution in [-0.2, 0) is 6.42 Å². The molecule has 1 N–H and O–H groups in total. The largest absolute Gasteiger partial charge is 0.360 e. The van der Waals surface area contributed by atoms with Crippen LogP contribution in [0.25, 0.3) is 0 Å². The summed E-state index contributed by atoms with van der Waals surface area (Å²) >= 11 is 1.52. The van der Waals surface area contributed by atoms with Crippen LogP contribution in [0.5, 0.6) is 0 Å². The van der Waals surface area contributed by atoms with E-state index in [1.807, 2.05) is 6.07 Å². The average molecular weight is 205 g/mol. The van der Waals surface area contributed by atoms with Crippen molar-refractivity contribution in [3.8, 4) is 0 Å². The standard InChI is InChI=1S/C10H11N3S/c1-2-4-9(5-3-1)6-7-11-10-13-12-8-14-10/h1-5,8H,6-7H2,(H,11,13). The lowest BCUT2D eigenvalue weighted by atomic mass is 10.2. The Morgan fingerprint density at radius 1 is 1.21 bits per heavy atom. The van der Waals surface area contributed by atoms with E-state index in [0.717, 1.165) is 18.1 Å². The van der Waals surface area contributed by atoms with Crippen LogP contribution in [0.15, 0.2) is 35.8 Å². The van der Waals surface area contributed by atoms with Crippen LogP contribution < -0.4 is 5.32 Å². The molecular formula is C10H11N3S. The molecule has 3 nitrogen and oxygen atoms in total. The van der Waals surface area contributed by atoms with Crippen LogP contribution in [0, 0.1) is 0 Å². The van der Waals surface area contributed by atoms with E-state index >= 15 is 0 Å². The number of nitrogens with one attached hydrogen (secondary N) is 1. The van der Waals surface area contributed by atoms with E-state index in [2.05, 4.69) is 39.8 Å². The Morgan fingerprint density at radius 2 is 2.07 bits per heavy atom. The maximum atomic E-state index is 3.90. The monoisotopic (exact) mass is 205 g/mol. The molecule has 0 saturated carbocycles. The van der Waals surface area contributed by atoms with Gasteiger partial charge in [0.1, 0.15) is 5.51 Å². The summed E-state index contributed by atoms with van der Waals surface area (Å²) in [6, 6.07) is 10.4. The molecule has 0 spiro atoms. The van der Waals surface area contributed by atoms with Gasteiger partial charge in [0.15, 0.2) is 0 Å². The summed E-state index contributed by atoms with van der Waals surface area (Å²) in [7, 11) is 0. The van der Waals surface area contributed by atoms with Gasteiger partial charge in [0, 0.05) is 6.54 Å². The van der Waals surface area contributed by atoms with Gasteiger partial charge in [-0.3, -0.25) is 0 Å². The molecule has 0 aliphatic carbocycles. The Labute approximate surface area is 86.8 Å². The highest BCUT2D eigenvalue weighted by molar-refractivity contribution is 7.13. The molecule has 0 saturated heterocycles. The quantitative estimate of drug-likeness (QED) is 0.831. The molecule has 0 aliphatic rings. The number of hydrogen-bond acceptors (Lipinski definition) is 4. The van der Waals surface area contributed by atoms with Crippen molar-refractivity contribution in [1.29, 1.82) is 0 Å². The second-order valence-corrected chi connectivity index (χ2v) is 3.74. The summed E-state index contributed by atoms with van der Waals surface area (Å²) < 4.78 is 0. The van der Waals surface area contributed by atoms with Crippen LogP contribution >= 0.6 is 11.3 Å². The van der Waals surface area contributed by atoms with Gasteiger partial charge in [-0.05, 0) is 12.0 Å². The molecule has 1 aromatic carbocycles. The molecule has 2 rings (SSSR count). The number of nitrogens with zero attached hydrogens (tertiary/aromatic N) is 2. The van der Waals surface area contributed by atoms with E-state index in [9.17, 15) is 0 Å². The number of benzene rings is 1. The second kappa shape index (κ2) is 4.72. The van der Waals surface area contributed by atoms with Gasteiger partial charge >= 0.3 is 0 Å². The molecule has 0 unspecified atom stereocenters. The van der Waals surface area contributed by atoms with Gasteiger partial charge < -0.3 is 5.32 Å². The van der Waals surface area contributed by atoms with Crippen molar-refractivity contribution in [3.63, 3.8) is 0 Å². The Kier molecular flexibility index (Phi) is 3.08. The number of hydrogen-bond donors (Lipinski definition) is 1. The molecule has 4 heteroatoms. The first-order valence-electron chi connectivity index (χ1n) is 4.49. The van der Waals surface area contributed by atoms with E-state index in [4.69, 9.17) is 0 Å². The zero-order chi connectivity index (χ0) is 9.64. The van der Waals surface area contributed by atoms with Crippen molar-refractivity contribution < 1.29 is 0 Å². The van der Waals surface area contributed by atoms with Gasteiger partial charge in [-0.15, -0.1) is 10.2 Å². The van der Waals surface area contributed by atoms with Crippen molar-refractivity contribution in [3.05, 3.63) is 41.4 Å². The zero-order valence-electron chi connectivity index (χ0n) is 7.68. The van der Waals surface area contributed by atoms with Crippen molar-refractivity contribution in [2.75, 3.05) is 11.9 Å². The van der Waals surface area contributed by atoms with E-state index < -0.39 is 0 Å². The molecule has 2 aromatic rings. The molecule has 0 radical (unpaired) electrons. The molecular weight excluding hydrogens is 194 g/mol. The topological polar surface area (TPSA) is 37.8 Å². The van der Waals surface area contributed by atoms with Gasteiger partial charge in [0.05, 0.1) is 0 Å². The summed E-state index contributed by atoms with van der Waals surface area (Å²) in [5.74, 6) is 0. The molecule has 14 heavy (non-hydrogen) atoms. The van der Waals surface area contributed by atoms with Gasteiger partial charge in [-0.2, -0.15) is 0 Å². The SMILES string of the molecule is c1ccc(CCNc2nncs2)cc1. The molecule has 0 fully saturated rings. The number of anilines is 1. The minimum atomic E-state index is 0.890. The van der Waals surface area contributed by atoms with Crippen LogP contribution in [0.2, 0.25) is 0 Å². The van der Waals surface area contributed by atoms with Crippen molar-refractivity contribution in [2.45, 2.75) is 6.42 Å². The van der Waals surface area contributed by atoms with Gasteiger partial charge in [0.25, 0.3) is 0 Å². The Hall–Kier alpha value is -1.42. The lowest BCUT2D eigenvalue weighted by Crippen LogP contribution is -2.04. The van der Waals surface area contributed by atoms with Crippen LogP contribution in [0.1, 0.15) is 5.56 Å². The first-order valence-corrected chi connectivity index (χ1v) is 5.37. The normalized spacial score (nSPS) is 10.0. The third kappa shape index (κ3) is 2.53. The Morgan fingerprint density at radius 3 is 2.79 bits per heavy atom. The third-order valence-corrected chi connectivity index (χ3v) is 2.54. The minimum Gasteiger partial charge on any atom is -0.360 e. The number of rotatable bonds is 4. The lowest BCUT2D eigenvalue weighted by Gasteiger charge is -2.01.